The highest BCUT2D eigenvalue weighted by Gasteiger charge is 2.36. The summed E-state index contributed by atoms with van der Waals surface area (Å²) in [6.45, 7) is 2.73. The number of amides is 1. The number of ether oxygens (including phenoxy) is 1. The summed E-state index contributed by atoms with van der Waals surface area (Å²) in [7, 11) is 0. The highest BCUT2D eigenvalue weighted by atomic mass is 35.5. The van der Waals surface area contributed by atoms with E-state index in [2.05, 4.69) is 10.1 Å². The summed E-state index contributed by atoms with van der Waals surface area (Å²) < 4.78 is 24.3. The first-order chi connectivity index (χ1) is 14.0. The van der Waals surface area contributed by atoms with Gasteiger partial charge in [-0.15, -0.1) is 0 Å². The number of aromatic nitrogens is 2. The van der Waals surface area contributed by atoms with Gasteiger partial charge in [-0.3, -0.25) is 4.79 Å². The number of hydrogen-bond acceptors (Lipinski definition) is 5. The van der Waals surface area contributed by atoms with E-state index >= 15 is 0 Å². The third kappa shape index (κ3) is 4.10. The van der Waals surface area contributed by atoms with Gasteiger partial charge < -0.3 is 14.2 Å². The van der Waals surface area contributed by atoms with Crippen LogP contribution in [-0.4, -0.2) is 27.6 Å². The Labute approximate surface area is 172 Å². The molecule has 1 fully saturated rings. The fraction of sp³-hybridized carbons (Fsp3) is 0.286. The smallest absolute Gasteiger partial charge is 0.249 e. The molecule has 0 spiro atoms. The predicted molar refractivity (Wildman–Crippen MR) is 105 cm³/mol. The first kappa shape index (κ1) is 19.4. The van der Waals surface area contributed by atoms with Gasteiger partial charge in [0.25, 0.3) is 0 Å². The average molecular weight is 416 g/mol. The second kappa shape index (κ2) is 8.21. The van der Waals surface area contributed by atoms with Crippen LogP contribution in [0.25, 0.3) is 11.4 Å². The van der Waals surface area contributed by atoms with Gasteiger partial charge in [-0.1, -0.05) is 35.0 Å². The van der Waals surface area contributed by atoms with Crippen molar-refractivity contribution in [3.05, 3.63) is 64.8 Å². The lowest BCUT2D eigenvalue weighted by molar-refractivity contribution is -0.129. The Morgan fingerprint density at radius 1 is 1.31 bits per heavy atom. The molecule has 0 aliphatic carbocycles. The number of benzene rings is 2. The van der Waals surface area contributed by atoms with Crippen LogP contribution in [0.15, 0.2) is 47.0 Å². The van der Waals surface area contributed by atoms with Crippen LogP contribution in [0.3, 0.4) is 0 Å². The van der Waals surface area contributed by atoms with Crippen LogP contribution in [0.2, 0.25) is 5.02 Å². The third-order valence-corrected chi connectivity index (χ3v) is 5.17. The van der Waals surface area contributed by atoms with Crippen molar-refractivity contribution in [1.82, 2.24) is 15.0 Å². The summed E-state index contributed by atoms with van der Waals surface area (Å²) in [5.41, 5.74) is 1.43. The van der Waals surface area contributed by atoms with Crippen LogP contribution in [0.4, 0.5) is 4.39 Å². The van der Waals surface area contributed by atoms with Crippen molar-refractivity contribution in [3.63, 3.8) is 0 Å². The van der Waals surface area contributed by atoms with Gasteiger partial charge in [0.15, 0.2) is 0 Å². The standard InChI is InChI=1S/C21H19ClFN3O3/c1-2-28-16-5-3-4-13(10-16)20-24-21(29-25-20)18-8-9-19(27)26(18)12-14-6-7-15(23)11-17(14)22/h3-7,10-11,18H,2,8-9,12H2,1H3. The van der Waals surface area contributed by atoms with Gasteiger partial charge >= 0.3 is 0 Å². The largest absolute Gasteiger partial charge is 0.494 e. The molecule has 1 unspecified atom stereocenters. The Hall–Kier alpha value is -2.93. The van der Waals surface area contributed by atoms with Crippen molar-refractivity contribution in [3.8, 4) is 17.1 Å². The molecular formula is C21H19ClFN3O3. The van der Waals surface area contributed by atoms with E-state index in [0.29, 0.717) is 36.7 Å². The summed E-state index contributed by atoms with van der Waals surface area (Å²) >= 11 is 6.13. The SMILES string of the molecule is CCOc1cccc(-c2noc(C3CCC(=O)N3Cc3ccc(F)cc3Cl)n2)c1. The van der Waals surface area contributed by atoms with Crippen LogP contribution in [0.5, 0.6) is 5.75 Å². The first-order valence-electron chi connectivity index (χ1n) is 9.35. The van der Waals surface area contributed by atoms with E-state index in [1.165, 1.54) is 12.1 Å². The zero-order valence-electron chi connectivity index (χ0n) is 15.8. The summed E-state index contributed by atoms with van der Waals surface area (Å²) in [5, 5.41) is 4.35. The van der Waals surface area contributed by atoms with Crippen LogP contribution in [-0.2, 0) is 11.3 Å². The molecule has 2 heterocycles. The normalized spacial score (nSPS) is 16.4. The maximum Gasteiger partial charge on any atom is 0.249 e. The number of carbonyl (C=O) groups excluding carboxylic acids is 1. The van der Waals surface area contributed by atoms with E-state index in [1.807, 2.05) is 31.2 Å². The summed E-state index contributed by atoms with van der Waals surface area (Å²) in [6, 6.07) is 11.2. The van der Waals surface area contributed by atoms with E-state index in [9.17, 15) is 9.18 Å². The van der Waals surface area contributed by atoms with Crippen molar-refractivity contribution in [2.75, 3.05) is 6.61 Å². The zero-order valence-corrected chi connectivity index (χ0v) is 16.5. The third-order valence-electron chi connectivity index (χ3n) is 4.81. The Bertz CT molecular complexity index is 1040. The lowest BCUT2D eigenvalue weighted by Crippen LogP contribution is -2.27. The minimum absolute atomic E-state index is 0.0338. The van der Waals surface area contributed by atoms with Gasteiger partial charge in [-0.2, -0.15) is 4.98 Å². The van der Waals surface area contributed by atoms with Crippen LogP contribution in [0, 0.1) is 5.82 Å². The number of rotatable bonds is 6. The van der Waals surface area contributed by atoms with Crippen molar-refractivity contribution in [2.45, 2.75) is 32.4 Å². The molecule has 0 saturated carbocycles. The molecule has 2 aromatic carbocycles. The summed E-state index contributed by atoms with van der Waals surface area (Å²) in [6.07, 6.45) is 0.944. The van der Waals surface area contributed by atoms with E-state index < -0.39 is 5.82 Å². The monoisotopic (exact) mass is 415 g/mol. The van der Waals surface area contributed by atoms with Crippen molar-refractivity contribution in [1.29, 1.82) is 0 Å². The van der Waals surface area contributed by atoms with E-state index in [0.717, 1.165) is 11.3 Å². The Balaban J connectivity index is 1.57. The molecule has 1 amide bonds. The molecule has 1 saturated heterocycles. The fourth-order valence-corrected chi connectivity index (χ4v) is 3.63. The zero-order chi connectivity index (χ0) is 20.4. The van der Waals surface area contributed by atoms with E-state index in [4.69, 9.17) is 20.9 Å². The summed E-state index contributed by atoms with van der Waals surface area (Å²) in [5.74, 6) is 1.07. The summed E-state index contributed by atoms with van der Waals surface area (Å²) in [4.78, 5) is 18.6. The lowest BCUT2D eigenvalue weighted by Gasteiger charge is -2.22. The Kier molecular flexibility index (Phi) is 5.49. The highest BCUT2D eigenvalue weighted by Crippen LogP contribution is 2.35. The Morgan fingerprint density at radius 2 is 2.17 bits per heavy atom. The molecule has 29 heavy (non-hydrogen) atoms. The quantitative estimate of drug-likeness (QED) is 0.579. The molecule has 4 rings (SSSR count). The second-order valence-electron chi connectivity index (χ2n) is 6.73. The van der Waals surface area contributed by atoms with Gasteiger partial charge in [0.1, 0.15) is 17.6 Å². The average Bonchev–Trinajstić information content (AvgIpc) is 3.32. The number of halogens is 2. The fourth-order valence-electron chi connectivity index (χ4n) is 3.40. The minimum Gasteiger partial charge on any atom is -0.494 e. The molecule has 1 aromatic heterocycles. The minimum atomic E-state index is -0.418. The molecule has 8 heteroatoms. The molecule has 1 aliphatic rings. The molecule has 1 aliphatic heterocycles. The van der Waals surface area contributed by atoms with E-state index in [1.54, 1.807) is 11.0 Å². The van der Waals surface area contributed by atoms with Crippen molar-refractivity contribution >= 4 is 17.5 Å². The second-order valence-corrected chi connectivity index (χ2v) is 7.14. The topological polar surface area (TPSA) is 68.5 Å². The number of carbonyl (C=O) groups is 1. The molecule has 1 atom stereocenters. The molecular weight excluding hydrogens is 397 g/mol. The van der Waals surface area contributed by atoms with Crippen LogP contribution < -0.4 is 4.74 Å². The van der Waals surface area contributed by atoms with Gasteiger partial charge in [0.2, 0.25) is 17.6 Å². The molecule has 0 N–H and O–H groups in total. The maximum absolute atomic E-state index is 13.3. The lowest BCUT2D eigenvalue weighted by atomic mass is 10.1. The number of nitrogens with zero attached hydrogens (tertiary/aromatic N) is 3. The van der Waals surface area contributed by atoms with Gasteiger partial charge in [-0.05, 0) is 43.2 Å². The van der Waals surface area contributed by atoms with Gasteiger partial charge in [0, 0.05) is 23.6 Å². The van der Waals surface area contributed by atoms with E-state index in [-0.39, 0.29) is 23.5 Å². The highest BCUT2D eigenvalue weighted by molar-refractivity contribution is 6.31. The maximum atomic E-state index is 13.3. The first-order valence-corrected chi connectivity index (χ1v) is 9.73. The Morgan fingerprint density at radius 3 is 2.97 bits per heavy atom. The number of hydrogen-bond donors (Lipinski definition) is 0. The van der Waals surface area contributed by atoms with Crippen LogP contribution >= 0.6 is 11.6 Å². The molecule has 0 radical (unpaired) electrons. The number of likely N-dealkylation sites (tertiary alicyclic amines) is 1. The van der Waals surface area contributed by atoms with Gasteiger partial charge in [-0.25, -0.2) is 4.39 Å². The molecule has 3 aromatic rings. The molecule has 6 nitrogen and oxygen atoms in total. The molecule has 0 bridgehead atoms. The van der Waals surface area contributed by atoms with Crippen molar-refractivity contribution in [2.24, 2.45) is 0 Å². The molecule has 150 valence electrons. The predicted octanol–water partition coefficient (Wildman–Crippen LogP) is 4.79. The van der Waals surface area contributed by atoms with Gasteiger partial charge in [0.05, 0.1) is 6.61 Å². The van der Waals surface area contributed by atoms with Crippen LogP contribution in [0.1, 0.15) is 37.3 Å². The van der Waals surface area contributed by atoms with Crippen molar-refractivity contribution < 1.29 is 18.4 Å².